The molecule has 2 atom stereocenters. The highest BCUT2D eigenvalue weighted by Gasteiger charge is 2.26. The summed E-state index contributed by atoms with van der Waals surface area (Å²) in [5.41, 5.74) is 8.74. The van der Waals surface area contributed by atoms with Crippen LogP contribution in [-0.2, 0) is 44.7 Å². The summed E-state index contributed by atoms with van der Waals surface area (Å²) in [6, 6.07) is 14.7. The maximum atomic E-state index is 14.3. The minimum atomic E-state index is -1.16. The normalized spacial score (nSPS) is 12.3. The SMILES string of the molecule is CC(C)CCCCCC(=O)NCCOCCOCCOCCOCCC(=O)N[C@@H](CSCC(=O)NCCCN)C(=O)O.C[C@@H](c1cc(-c2cc(F)ccc2F)cn1Cc1ccccc1)C(C)(C)C. The van der Waals surface area contributed by atoms with Gasteiger partial charge in [0.1, 0.15) is 17.7 Å². The Morgan fingerprint density at radius 2 is 1.38 bits per heavy atom. The van der Waals surface area contributed by atoms with Gasteiger partial charge in [-0.1, -0.05) is 91.1 Å². The van der Waals surface area contributed by atoms with Crippen molar-refractivity contribution in [2.75, 3.05) is 84.0 Å². The van der Waals surface area contributed by atoms with Crippen LogP contribution in [0.5, 0.6) is 0 Å². The number of hydrogen-bond acceptors (Lipinski definition) is 10. The summed E-state index contributed by atoms with van der Waals surface area (Å²) in [5, 5.41) is 17.3. The fraction of sp³-hybridized carbons (Fsp3) is 0.608. The molecule has 14 nitrogen and oxygen atoms in total. The van der Waals surface area contributed by atoms with Gasteiger partial charge in [0.2, 0.25) is 17.7 Å². The van der Waals surface area contributed by atoms with Gasteiger partial charge in [0.05, 0.1) is 58.6 Å². The minimum Gasteiger partial charge on any atom is -0.480 e. The Kier molecular flexibility index (Phi) is 30.6. The third-order valence-electron chi connectivity index (χ3n) is 10.8. The van der Waals surface area contributed by atoms with E-state index < -0.39 is 29.6 Å². The molecule has 2 aromatic carbocycles. The number of nitrogens with one attached hydrogen (secondary N) is 3. The molecule has 3 amide bonds. The Morgan fingerprint density at radius 3 is 2.00 bits per heavy atom. The van der Waals surface area contributed by atoms with Crippen LogP contribution in [0.4, 0.5) is 8.78 Å². The van der Waals surface area contributed by atoms with Gasteiger partial charge < -0.3 is 50.3 Å². The number of carbonyl (C=O) groups excluding carboxylic acids is 3. The highest BCUT2D eigenvalue weighted by atomic mass is 32.2. The number of rotatable bonds is 34. The van der Waals surface area contributed by atoms with Crippen LogP contribution >= 0.6 is 11.8 Å². The monoisotopic (exact) mass is 976 g/mol. The molecule has 0 aliphatic carbocycles. The molecule has 1 heterocycles. The van der Waals surface area contributed by atoms with Crippen LogP contribution in [0.25, 0.3) is 11.1 Å². The molecule has 3 aromatic rings. The second-order valence-corrected chi connectivity index (χ2v) is 19.0. The van der Waals surface area contributed by atoms with E-state index in [-0.39, 0.29) is 54.3 Å². The van der Waals surface area contributed by atoms with E-state index in [1.807, 2.05) is 30.5 Å². The number of carboxylic acid groups (broad SMARTS) is 1. The average Bonchev–Trinajstić information content (AvgIpc) is 3.70. The zero-order chi connectivity index (χ0) is 50.2. The molecule has 0 saturated heterocycles. The van der Waals surface area contributed by atoms with E-state index in [4.69, 9.17) is 24.7 Å². The van der Waals surface area contributed by atoms with Crippen LogP contribution in [0.1, 0.15) is 104 Å². The summed E-state index contributed by atoms with van der Waals surface area (Å²) in [6.07, 6.45) is 7.58. The number of thioether (sulfide) groups is 1. The number of hydrogen-bond donors (Lipinski definition) is 5. The Balaban J connectivity index is 0.000000516. The molecule has 0 spiro atoms. The molecule has 0 aliphatic rings. The van der Waals surface area contributed by atoms with Gasteiger partial charge in [-0.25, -0.2) is 13.6 Å². The first-order valence-electron chi connectivity index (χ1n) is 23.9. The van der Waals surface area contributed by atoms with Crippen molar-refractivity contribution in [2.24, 2.45) is 17.1 Å². The van der Waals surface area contributed by atoms with Crippen LogP contribution in [0, 0.1) is 23.0 Å². The number of amides is 3. The first-order chi connectivity index (χ1) is 32.5. The number of ether oxygens (including phenoxy) is 4. The summed E-state index contributed by atoms with van der Waals surface area (Å²) >= 11 is 1.13. The van der Waals surface area contributed by atoms with Crippen LogP contribution < -0.4 is 21.7 Å². The van der Waals surface area contributed by atoms with Gasteiger partial charge >= 0.3 is 5.97 Å². The van der Waals surface area contributed by atoms with E-state index in [9.17, 15) is 33.1 Å². The first-order valence-corrected chi connectivity index (χ1v) is 25.0. The topological polar surface area (TPSA) is 192 Å². The number of benzene rings is 2. The zero-order valence-corrected chi connectivity index (χ0v) is 42.1. The molecule has 3 rings (SSSR count). The van der Waals surface area contributed by atoms with E-state index in [0.717, 1.165) is 36.4 Å². The summed E-state index contributed by atoms with van der Waals surface area (Å²) in [5.74, 6) is -1.42. The van der Waals surface area contributed by atoms with Crippen molar-refractivity contribution >= 4 is 35.5 Å². The van der Waals surface area contributed by atoms with Gasteiger partial charge in [-0.3, -0.25) is 14.4 Å². The quantitative estimate of drug-likeness (QED) is 0.0371. The fourth-order valence-electron chi connectivity index (χ4n) is 6.51. The molecule has 0 bridgehead atoms. The van der Waals surface area contributed by atoms with Gasteiger partial charge in [0.15, 0.2) is 0 Å². The lowest BCUT2D eigenvalue weighted by molar-refractivity contribution is -0.141. The molecule has 0 saturated carbocycles. The number of carboxylic acids is 1. The van der Waals surface area contributed by atoms with Crippen LogP contribution in [0.15, 0.2) is 60.8 Å². The molecule has 17 heteroatoms. The molecule has 1 aromatic heterocycles. The predicted molar refractivity (Wildman–Crippen MR) is 266 cm³/mol. The standard InChI is InChI=1S/C28H54N4O9S.C23H25F2N/c1-23(2)7-4-3-5-8-25(33)31-12-14-39-16-18-41-20-19-40-17-15-38-13-9-26(34)32-24(28(36)37)21-42-22-27(35)30-11-6-10-29;1-16(23(2,3)4)22-12-18(20-13-19(24)10-11-21(20)25)15-26(22)14-17-8-6-5-7-9-17/h23-24H,3-22,29H2,1-2H3,(H,30,35)(H,31,33)(H,32,34)(H,36,37);5-13,15-16H,14H2,1-4H3/t24-;16-/m00/s1. The Bertz CT molecular complexity index is 1880. The third-order valence-corrected chi connectivity index (χ3v) is 11.8. The minimum absolute atomic E-state index is 0.0131. The molecular weight excluding hydrogens is 897 g/mol. The molecule has 68 heavy (non-hydrogen) atoms. The lowest BCUT2D eigenvalue weighted by Crippen LogP contribution is -2.43. The summed E-state index contributed by atoms with van der Waals surface area (Å²) < 4.78 is 51.7. The first kappa shape index (κ1) is 59.7. The number of nitrogens with two attached hydrogens (primary N) is 1. The smallest absolute Gasteiger partial charge is 0.327 e. The van der Waals surface area contributed by atoms with Crippen molar-refractivity contribution in [2.45, 2.75) is 105 Å². The maximum absolute atomic E-state index is 14.3. The van der Waals surface area contributed by atoms with Crippen molar-refractivity contribution in [3.63, 3.8) is 0 Å². The molecule has 0 radical (unpaired) electrons. The van der Waals surface area contributed by atoms with Crippen molar-refractivity contribution in [1.82, 2.24) is 20.5 Å². The number of unbranched alkanes of at least 4 members (excludes halogenated alkanes) is 2. The Morgan fingerprint density at radius 1 is 0.750 bits per heavy atom. The van der Waals surface area contributed by atoms with Crippen molar-refractivity contribution in [1.29, 1.82) is 0 Å². The Labute approximate surface area is 407 Å². The third kappa shape index (κ3) is 27.0. The number of aromatic nitrogens is 1. The average molecular weight is 976 g/mol. The summed E-state index contributed by atoms with van der Waals surface area (Å²) in [6.45, 7) is 18.2. The molecule has 6 N–H and O–H groups in total. The van der Waals surface area contributed by atoms with E-state index in [0.29, 0.717) is 95.7 Å². The molecule has 0 aliphatic heterocycles. The highest BCUT2D eigenvalue weighted by molar-refractivity contribution is 8.00. The van der Waals surface area contributed by atoms with Crippen LogP contribution in [-0.4, -0.2) is 123 Å². The molecular formula is C51H79F2N5O9S. The highest BCUT2D eigenvalue weighted by Crippen LogP contribution is 2.38. The van der Waals surface area contributed by atoms with Crippen molar-refractivity contribution in [3.05, 3.63) is 83.7 Å². The second kappa shape index (κ2) is 34.8. The fourth-order valence-corrected chi connectivity index (χ4v) is 7.37. The molecule has 0 unspecified atom stereocenters. The van der Waals surface area contributed by atoms with E-state index in [1.165, 1.54) is 30.5 Å². The zero-order valence-electron chi connectivity index (χ0n) is 41.3. The number of aliphatic carboxylic acids is 1. The van der Waals surface area contributed by atoms with E-state index in [2.05, 4.69) is 74.2 Å². The lowest BCUT2D eigenvalue weighted by atomic mass is 9.80. The van der Waals surface area contributed by atoms with E-state index >= 15 is 0 Å². The van der Waals surface area contributed by atoms with Gasteiger partial charge in [-0.05, 0) is 60.5 Å². The largest absolute Gasteiger partial charge is 0.480 e. The predicted octanol–water partition coefficient (Wildman–Crippen LogP) is 7.56. The van der Waals surface area contributed by atoms with Gasteiger partial charge in [0, 0.05) is 67.2 Å². The lowest BCUT2D eigenvalue weighted by Gasteiger charge is -2.28. The molecule has 382 valence electrons. The maximum Gasteiger partial charge on any atom is 0.327 e. The number of halogens is 2. The van der Waals surface area contributed by atoms with Crippen LogP contribution in [0.3, 0.4) is 0 Å². The Hall–Kier alpha value is -4.39. The summed E-state index contributed by atoms with van der Waals surface area (Å²) in [4.78, 5) is 46.8. The second-order valence-electron chi connectivity index (χ2n) is 18.0. The van der Waals surface area contributed by atoms with Gasteiger partial charge in [-0.15, -0.1) is 11.8 Å². The van der Waals surface area contributed by atoms with Gasteiger partial charge in [0.25, 0.3) is 0 Å². The number of nitrogens with zero attached hydrogens (tertiary/aromatic N) is 1. The van der Waals surface area contributed by atoms with Crippen LogP contribution in [0.2, 0.25) is 0 Å². The number of carbonyl (C=O) groups is 4. The summed E-state index contributed by atoms with van der Waals surface area (Å²) in [7, 11) is 0. The van der Waals surface area contributed by atoms with Crippen molar-refractivity contribution < 1.29 is 52.0 Å². The van der Waals surface area contributed by atoms with Gasteiger partial charge in [-0.2, -0.15) is 0 Å². The van der Waals surface area contributed by atoms with E-state index in [1.54, 1.807) is 0 Å². The van der Waals surface area contributed by atoms with Crippen molar-refractivity contribution in [3.8, 4) is 11.1 Å². The molecule has 0 fully saturated rings.